The number of nitrogens with zero attached hydrogens (tertiary/aromatic N) is 2. The van der Waals surface area contributed by atoms with Crippen LogP contribution in [0.15, 0.2) is 48.7 Å². The van der Waals surface area contributed by atoms with Crippen LogP contribution in [0.25, 0.3) is 10.9 Å². The van der Waals surface area contributed by atoms with Crippen molar-refractivity contribution in [2.45, 2.75) is 57.7 Å². The number of primary amides is 1. The number of aryl methyl sites for hydroxylation is 1. The smallest absolute Gasteiger partial charge is 0.270 e. The first kappa shape index (κ1) is 27.3. The lowest BCUT2D eigenvalue weighted by Crippen LogP contribution is -2.45. The molecule has 1 atom stereocenters. The van der Waals surface area contributed by atoms with Crippen LogP contribution in [0.5, 0.6) is 0 Å². The molecule has 2 heterocycles. The van der Waals surface area contributed by atoms with Gasteiger partial charge in [-0.15, -0.1) is 0 Å². The van der Waals surface area contributed by atoms with E-state index in [4.69, 9.17) is 11.5 Å². The van der Waals surface area contributed by atoms with Gasteiger partial charge in [0.2, 0.25) is 5.91 Å². The SMILES string of the molecule is CCc1cccc2c(C(C(=O)NC3CCCC3)N(Cc3ccc(F)cc3)C(=O)c3snc(C(N)=O)c3N)c[nH]c12. The Balaban J connectivity index is 1.66. The van der Waals surface area contributed by atoms with Crippen LogP contribution in [0.2, 0.25) is 0 Å². The molecule has 6 N–H and O–H groups in total. The molecule has 1 saturated carbocycles. The number of rotatable bonds is 9. The van der Waals surface area contributed by atoms with Crippen molar-refractivity contribution >= 4 is 45.8 Å². The third kappa shape index (κ3) is 5.29. The van der Waals surface area contributed by atoms with E-state index in [1.54, 1.807) is 18.3 Å². The van der Waals surface area contributed by atoms with Crippen LogP contribution in [-0.4, -0.2) is 38.0 Å². The molecular formula is C29H31FN6O3S. The van der Waals surface area contributed by atoms with Crippen molar-refractivity contribution in [3.05, 3.63) is 81.7 Å². The van der Waals surface area contributed by atoms with Gasteiger partial charge in [-0.25, -0.2) is 4.39 Å². The summed E-state index contributed by atoms with van der Waals surface area (Å²) in [6, 6.07) is 10.5. The lowest BCUT2D eigenvalue weighted by molar-refractivity contribution is -0.126. The number of halogens is 1. The normalized spacial score (nSPS) is 14.3. The van der Waals surface area contributed by atoms with Crippen LogP contribution in [0.4, 0.5) is 10.1 Å². The van der Waals surface area contributed by atoms with Gasteiger partial charge in [0.25, 0.3) is 11.8 Å². The fourth-order valence-electron chi connectivity index (χ4n) is 5.39. The van der Waals surface area contributed by atoms with E-state index in [-0.39, 0.29) is 34.8 Å². The van der Waals surface area contributed by atoms with Crippen LogP contribution >= 0.6 is 11.5 Å². The molecule has 0 aliphatic heterocycles. The largest absolute Gasteiger partial charge is 0.395 e. The quantitative estimate of drug-likeness (QED) is 0.238. The molecule has 1 unspecified atom stereocenters. The Kier molecular flexibility index (Phi) is 7.83. The van der Waals surface area contributed by atoms with Crippen molar-refractivity contribution in [1.82, 2.24) is 19.6 Å². The fraction of sp³-hybridized carbons (Fsp3) is 0.310. The number of amides is 3. The standard InChI is InChI=1S/C29H31FN6O3S/c1-2-17-6-5-9-20-21(14-33-23(17)20)25(28(38)34-19-7-3-4-8-19)36(15-16-10-12-18(30)13-11-16)29(39)26-22(31)24(27(32)37)35-40-26/h5-6,9-14,19,25,33H,2-4,7-8,15,31H2,1H3,(H2,32,37)(H,34,38). The Morgan fingerprint density at radius 2 is 1.90 bits per heavy atom. The summed E-state index contributed by atoms with van der Waals surface area (Å²) in [7, 11) is 0. The zero-order chi connectivity index (χ0) is 28.4. The van der Waals surface area contributed by atoms with E-state index in [1.807, 2.05) is 25.1 Å². The van der Waals surface area contributed by atoms with Gasteiger partial charge in [-0.2, -0.15) is 4.37 Å². The number of aromatic nitrogens is 2. The molecule has 11 heteroatoms. The molecule has 0 bridgehead atoms. The van der Waals surface area contributed by atoms with E-state index in [1.165, 1.54) is 17.0 Å². The number of aromatic amines is 1. The molecule has 40 heavy (non-hydrogen) atoms. The first-order chi connectivity index (χ1) is 19.3. The Hall–Kier alpha value is -4.25. The summed E-state index contributed by atoms with van der Waals surface area (Å²) in [6.45, 7) is 2.03. The van der Waals surface area contributed by atoms with Crippen LogP contribution in [0.1, 0.15) is 75.5 Å². The molecule has 4 aromatic rings. The minimum absolute atomic E-state index is 0.00339. The zero-order valence-corrected chi connectivity index (χ0v) is 22.9. The number of anilines is 1. The number of nitrogens with two attached hydrogens (primary N) is 2. The highest BCUT2D eigenvalue weighted by atomic mass is 32.1. The molecule has 208 valence electrons. The number of carbonyl (C=O) groups excluding carboxylic acids is 3. The first-order valence-corrected chi connectivity index (χ1v) is 14.0. The number of carbonyl (C=O) groups is 3. The molecule has 9 nitrogen and oxygen atoms in total. The summed E-state index contributed by atoms with van der Waals surface area (Å²) < 4.78 is 17.7. The maximum Gasteiger partial charge on any atom is 0.270 e. The van der Waals surface area contributed by atoms with E-state index in [0.29, 0.717) is 11.1 Å². The van der Waals surface area contributed by atoms with Crippen molar-refractivity contribution in [2.75, 3.05) is 5.73 Å². The van der Waals surface area contributed by atoms with Crippen LogP contribution in [0.3, 0.4) is 0 Å². The van der Waals surface area contributed by atoms with Gasteiger partial charge in [-0.05, 0) is 54.1 Å². The molecule has 1 aliphatic rings. The van der Waals surface area contributed by atoms with Gasteiger partial charge in [0.15, 0.2) is 5.69 Å². The third-order valence-corrected chi connectivity index (χ3v) is 8.30. The van der Waals surface area contributed by atoms with E-state index in [2.05, 4.69) is 14.7 Å². The number of hydrogen-bond donors (Lipinski definition) is 4. The van der Waals surface area contributed by atoms with Gasteiger partial charge in [-0.3, -0.25) is 14.4 Å². The van der Waals surface area contributed by atoms with Gasteiger partial charge >= 0.3 is 0 Å². The predicted molar refractivity (Wildman–Crippen MR) is 152 cm³/mol. The van der Waals surface area contributed by atoms with Crippen molar-refractivity contribution in [2.24, 2.45) is 5.73 Å². The average Bonchev–Trinajstić information content (AvgIpc) is 3.69. The molecule has 2 aromatic heterocycles. The molecule has 0 spiro atoms. The van der Waals surface area contributed by atoms with Crippen LogP contribution in [0, 0.1) is 5.82 Å². The fourth-order valence-corrected chi connectivity index (χ4v) is 6.15. The van der Waals surface area contributed by atoms with E-state index in [0.717, 1.165) is 60.1 Å². The topological polar surface area (TPSA) is 147 Å². The number of fused-ring (bicyclic) bond motifs is 1. The summed E-state index contributed by atoms with van der Waals surface area (Å²) in [5.41, 5.74) is 14.4. The van der Waals surface area contributed by atoms with Gasteiger partial charge in [0, 0.05) is 35.2 Å². The highest BCUT2D eigenvalue weighted by molar-refractivity contribution is 7.09. The van der Waals surface area contributed by atoms with E-state index < -0.39 is 23.7 Å². The van der Waals surface area contributed by atoms with Crippen LogP contribution < -0.4 is 16.8 Å². The van der Waals surface area contributed by atoms with Gasteiger partial charge in [0.05, 0.1) is 5.69 Å². The Morgan fingerprint density at radius 3 is 2.55 bits per heavy atom. The van der Waals surface area contributed by atoms with Crippen LogP contribution in [-0.2, 0) is 17.8 Å². The minimum Gasteiger partial charge on any atom is -0.395 e. The predicted octanol–water partition coefficient (Wildman–Crippen LogP) is 4.45. The summed E-state index contributed by atoms with van der Waals surface area (Å²) in [4.78, 5) is 44.9. The second kappa shape index (κ2) is 11.5. The Bertz CT molecular complexity index is 1560. The minimum atomic E-state index is -1.06. The number of para-hydroxylation sites is 1. The summed E-state index contributed by atoms with van der Waals surface area (Å²) >= 11 is 0.756. The second-order valence-corrected chi connectivity index (χ2v) is 10.8. The number of hydrogen-bond acceptors (Lipinski definition) is 6. The van der Waals surface area contributed by atoms with Crippen molar-refractivity contribution < 1.29 is 18.8 Å². The van der Waals surface area contributed by atoms with Gasteiger partial charge in [-0.1, -0.05) is 50.1 Å². The van der Waals surface area contributed by atoms with Crippen molar-refractivity contribution in [1.29, 1.82) is 0 Å². The number of benzene rings is 2. The highest BCUT2D eigenvalue weighted by Crippen LogP contribution is 2.35. The Labute approximate surface area is 234 Å². The lowest BCUT2D eigenvalue weighted by Gasteiger charge is -2.32. The molecule has 2 aromatic carbocycles. The molecule has 0 saturated heterocycles. The maximum atomic E-state index is 14.2. The summed E-state index contributed by atoms with van der Waals surface area (Å²) in [5.74, 6) is -2.18. The molecule has 1 aliphatic carbocycles. The third-order valence-electron chi connectivity index (χ3n) is 7.45. The zero-order valence-electron chi connectivity index (χ0n) is 22.1. The monoisotopic (exact) mass is 562 g/mol. The number of nitrogens with one attached hydrogen (secondary N) is 2. The second-order valence-electron chi connectivity index (χ2n) is 10.0. The van der Waals surface area contributed by atoms with Gasteiger partial charge < -0.3 is 26.7 Å². The molecule has 3 amide bonds. The average molecular weight is 563 g/mol. The van der Waals surface area contributed by atoms with Crippen molar-refractivity contribution in [3.8, 4) is 0 Å². The lowest BCUT2D eigenvalue weighted by atomic mass is 9.99. The Morgan fingerprint density at radius 1 is 1.18 bits per heavy atom. The number of nitrogen functional groups attached to an aromatic ring is 1. The summed E-state index contributed by atoms with van der Waals surface area (Å²) in [6.07, 6.45) is 6.31. The van der Waals surface area contributed by atoms with Gasteiger partial charge in [0.1, 0.15) is 16.7 Å². The van der Waals surface area contributed by atoms with E-state index >= 15 is 0 Å². The summed E-state index contributed by atoms with van der Waals surface area (Å²) in [5, 5.41) is 3.97. The first-order valence-electron chi connectivity index (χ1n) is 13.3. The highest BCUT2D eigenvalue weighted by Gasteiger charge is 2.37. The molecule has 1 fully saturated rings. The van der Waals surface area contributed by atoms with E-state index in [9.17, 15) is 18.8 Å². The number of H-pyrrole nitrogens is 1. The maximum absolute atomic E-state index is 14.2. The molecular weight excluding hydrogens is 531 g/mol. The molecule has 0 radical (unpaired) electrons. The van der Waals surface area contributed by atoms with Crippen molar-refractivity contribution in [3.63, 3.8) is 0 Å². The molecule has 5 rings (SSSR count).